The Morgan fingerprint density at radius 1 is 0.963 bits per heavy atom. The molecule has 27 heavy (non-hydrogen) atoms. The predicted octanol–water partition coefficient (Wildman–Crippen LogP) is 6.42. The standard InChI is InChI=1S/C14H11Cl3F5O2.Al.2ClH/c1-2-10(24-8-6-4-3-5-7-8)9(18)11(19,23)13(16,21)14(17,22)12(10,15)20;;;/h3-7,9H,2H2,1H3;;2*1H/q-1;+3;;/p-2. The highest BCUT2D eigenvalue weighted by Crippen LogP contribution is 2.68. The van der Waals surface area contributed by atoms with E-state index in [1.54, 1.807) is 0 Å². The van der Waals surface area contributed by atoms with E-state index < -0.39 is 52.1 Å². The van der Waals surface area contributed by atoms with Crippen molar-refractivity contribution in [2.45, 2.75) is 46.4 Å². The van der Waals surface area contributed by atoms with Crippen molar-refractivity contribution in [2.75, 3.05) is 0 Å². The molecule has 1 saturated carbocycles. The fourth-order valence-electron chi connectivity index (χ4n) is 2.85. The molecule has 0 saturated heterocycles. The normalized spacial score (nSPS) is 44.8. The van der Waals surface area contributed by atoms with E-state index in [1.807, 2.05) is 0 Å². The Morgan fingerprint density at radius 2 is 1.48 bits per heavy atom. The molecular weight excluding hydrogens is 499 g/mol. The lowest BCUT2D eigenvalue weighted by atomic mass is 9.73. The molecule has 0 heterocycles. The zero-order valence-electron chi connectivity index (χ0n) is 13.3. The van der Waals surface area contributed by atoms with Crippen LogP contribution in [0.4, 0.5) is 22.0 Å². The summed E-state index contributed by atoms with van der Waals surface area (Å²) >= 11 is 12.4. The van der Waals surface area contributed by atoms with Crippen LogP contribution in [-0.2, 0) is 3.79 Å². The third-order valence-corrected chi connectivity index (χ3v) is 7.18. The van der Waals surface area contributed by atoms with E-state index >= 15 is 17.6 Å². The fourth-order valence-corrected chi connectivity index (χ4v) is 5.25. The van der Waals surface area contributed by atoms with Crippen molar-refractivity contribution in [3.63, 3.8) is 0 Å². The van der Waals surface area contributed by atoms with E-state index in [9.17, 15) is 4.39 Å². The molecule has 2 nitrogen and oxygen atoms in total. The Hall–Kier alpha value is 0.612. The van der Waals surface area contributed by atoms with Gasteiger partial charge in [0.25, 0.3) is 21.2 Å². The Bertz CT molecular complexity index is 683. The summed E-state index contributed by atoms with van der Waals surface area (Å²) in [4.78, 5) is 0. The van der Waals surface area contributed by atoms with Crippen molar-refractivity contribution in [2.24, 2.45) is 0 Å². The highest BCUT2D eigenvalue weighted by molar-refractivity contribution is 7.30. The van der Waals surface area contributed by atoms with Crippen LogP contribution in [0.3, 0.4) is 0 Å². The van der Waals surface area contributed by atoms with Gasteiger partial charge in [-0.05, 0) is 18.6 Å². The molecule has 1 aromatic carbocycles. The van der Waals surface area contributed by atoms with Crippen LogP contribution in [0.2, 0.25) is 0 Å². The largest absolute Gasteiger partial charge is 0.728 e. The van der Waals surface area contributed by atoms with Gasteiger partial charge in [0.05, 0.1) is 0 Å². The van der Waals surface area contributed by atoms with Gasteiger partial charge in [-0.15, -0.1) is 0 Å². The molecule has 1 aliphatic carbocycles. The molecule has 1 aliphatic rings. The molecular formula is C14H11AlCl5F5O2. The molecule has 6 unspecified atom stereocenters. The molecule has 0 bridgehead atoms. The molecule has 6 atom stereocenters. The summed E-state index contributed by atoms with van der Waals surface area (Å²) in [5, 5.41) is -13.4. The van der Waals surface area contributed by atoms with Crippen LogP contribution in [0.15, 0.2) is 30.3 Å². The SMILES string of the molecule is CCC1(Oc2ccccc2)C(F)C(F)([O][Al]([Cl])[Cl])C(F)(Cl)C(F)(Cl)C1(F)Cl. The van der Waals surface area contributed by atoms with E-state index in [4.69, 9.17) is 59.6 Å². The molecule has 2 rings (SSSR count). The first-order valence-electron chi connectivity index (χ1n) is 7.37. The zero-order chi connectivity index (χ0) is 20.9. The number of alkyl halides is 8. The van der Waals surface area contributed by atoms with E-state index in [0.29, 0.717) is 0 Å². The molecule has 0 aromatic heterocycles. The second-order valence-corrected chi connectivity index (χ2v) is 11.1. The molecule has 0 aliphatic heterocycles. The number of benzene rings is 1. The highest BCUT2D eigenvalue weighted by Gasteiger charge is 2.90. The monoisotopic (exact) mass is 508 g/mol. The third-order valence-electron chi connectivity index (χ3n) is 4.31. The maximum Gasteiger partial charge on any atom is 0.728 e. The molecule has 0 spiro atoms. The summed E-state index contributed by atoms with van der Waals surface area (Å²) in [5.74, 6) is -4.65. The summed E-state index contributed by atoms with van der Waals surface area (Å²) in [6.45, 7) is 1.09. The van der Waals surface area contributed by atoms with E-state index in [2.05, 4.69) is 3.79 Å². The lowest BCUT2D eigenvalue weighted by Gasteiger charge is -2.58. The second-order valence-electron chi connectivity index (χ2n) is 5.77. The Labute approximate surface area is 179 Å². The first kappa shape index (κ1) is 23.9. The van der Waals surface area contributed by atoms with Crippen LogP contribution in [0, 0.1) is 0 Å². The maximum atomic E-state index is 15.4. The number of hydrogen-bond donors (Lipinski definition) is 0. The van der Waals surface area contributed by atoms with Crippen LogP contribution in [0.1, 0.15) is 13.3 Å². The number of para-hydroxylation sites is 1. The Balaban J connectivity index is 2.74. The first-order valence-corrected chi connectivity index (χ1v) is 12.5. The van der Waals surface area contributed by atoms with Crippen molar-refractivity contribution in [1.29, 1.82) is 0 Å². The number of halogens is 10. The quantitative estimate of drug-likeness (QED) is 0.259. The van der Waals surface area contributed by atoms with Crippen molar-refractivity contribution in [3.05, 3.63) is 30.3 Å². The van der Waals surface area contributed by atoms with Crippen molar-refractivity contribution in [3.8, 4) is 5.75 Å². The Kier molecular flexibility index (Phi) is 6.81. The van der Waals surface area contributed by atoms with Gasteiger partial charge in [0, 0.05) is 0 Å². The molecule has 1 aromatic rings. The molecule has 13 heteroatoms. The van der Waals surface area contributed by atoms with Gasteiger partial charge in [-0.25, -0.2) is 22.0 Å². The number of rotatable bonds is 5. The van der Waals surface area contributed by atoms with E-state index in [-0.39, 0.29) is 5.75 Å². The minimum absolute atomic E-state index is 0.231. The molecule has 1 fully saturated rings. The summed E-state index contributed by atoms with van der Waals surface area (Å²) in [5.41, 5.74) is -3.21. The second kappa shape index (κ2) is 7.70. The van der Waals surface area contributed by atoms with Gasteiger partial charge >= 0.3 is 12.6 Å². The van der Waals surface area contributed by atoms with Gasteiger partial charge in [0.1, 0.15) is 5.75 Å². The van der Waals surface area contributed by atoms with Crippen molar-refractivity contribution >= 4 is 67.5 Å². The fraction of sp³-hybridized carbons (Fsp3) is 0.571. The molecule has 152 valence electrons. The minimum atomic E-state index is -4.65. The lowest BCUT2D eigenvalue weighted by molar-refractivity contribution is -0.310. The summed E-state index contributed by atoms with van der Waals surface area (Å²) in [7, 11) is 10.7. The average Bonchev–Trinajstić information content (AvgIpc) is 2.57. The molecule has 0 radical (unpaired) electrons. The number of ether oxygens (including phenoxy) is 1. The smallest absolute Gasteiger partial charge is 0.479 e. The van der Waals surface area contributed by atoms with Crippen molar-refractivity contribution in [1.82, 2.24) is 0 Å². The number of hydrogen-bond acceptors (Lipinski definition) is 2. The van der Waals surface area contributed by atoms with Crippen LogP contribution in [0.25, 0.3) is 0 Å². The van der Waals surface area contributed by atoms with Gasteiger partial charge in [0.2, 0.25) is 6.17 Å². The summed E-state index contributed by atoms with van der Waals surface area (Å²) < 4.78 is 85.5. The van der Waals surface area contributed by atoms with Gasteiger partial charge in [-0.2, -0.15) is 20.1 Å². The maximum absolute atomic E-state index is 15.4. The Morgan fingerprint density at radius 3 is 1.93 bits per heavy atom. The minimum Gasteiger partial charge on any atom is -0.479 e. The predicted molar refractivity (Wildman–Crippen MR) is 96.4 cm³/mol. The van der Waals surface area contributed by atoms with Gasteiger partial charge in [-0.1, -0.05) is 59.9 Å². The average molecular weight is 510 g/mol. The van der Waals surface area contributed by atoms with Crippen LogP contribution in [0.5, 0.6) is 5.75 Å². The van der Waals surface area contributed by atoms with Crippen molar-refractivity contribution < 1.29 is 30.5 Å². The highest BCUT2D eigenvalue weighted by atomic mass is 35.7. The van der Waals surface area contributed by atoms with Gasteiger partial charge in [0.15, 0.2) is 5.60 Å². The summed E-state index contributed by atoms with van der Waals surface area (Å²) in [6, 6.07) is 6.81. The van der Waals surface area contributed by atoms with Gasteiger partial charge in [-0.3, -0.25) is 0 Å². The van der Waals surface area contributed by atoms with Crippen LogP contribution < -0.4 is 4.74 Å². The van der Waals surface area contributed by atoms with Crippen LogP contribution >= 0.6 is 54.9 Å². The molecule has 0 amide bonds. The molecule has 0 N–H and O–H groups in total. The van der Waals surface area contributed by atoms with E-state index in [0.717, 1.165) is 6.92 Å². The summed E-state index contributed by atoms with van der Waals surface area (Å²) in [6.07, 6.45) is -4.23. The zero-order valence-corrected chi connectivity index (χ0v) is 18.3. The lowest BCUT2D eigenvalue weighted by Crippen LogP contribution is -2.83. The first-order chi connectivity index (χ1) is 12.2. The van der Waals surface area contributed by atoms with E-state index in [1.165, 1.54) is 30.3 Å². The third kappa shape index (κ3) is 3.33. The van der Waals surface area contributed by atoms with Crippen LogP contribution in [-0.4, -0.2) is 45.7 Å². The van der Waals surface area contributed by atoms with Gasteiger partial charge < -0.3 is 8.53 Å². The topological polar surface area (TPSA) is 18.5 Å².